The zero-order chi connectivity index (χ0) is 28.6. The van der Waals surface area contributed by atoms with Crippen LogP contribution in [-0.4, -0.2) is 54.3 Å². The van der Waals surface area contributed by atoms with E-state index in [1.165, 1.54) is 32.4 Å². The normalized spacial score (nSPS) is 10.9. The number of carbonyl (C=O) groups excluding carboxylic acids is 2. The van der Waals surface area contributed by atoms with Gasteiger partial charge in [-0.15, -0.1) is 0 Å². The number of nitrogens with zero attached hydrogens (tertiary/aromatic N) is 1. The molecule has 0 heterocycles. The summed E-state index contributed by atoms with van der Waals surface area (Å²) in [5, 5.41) is 2.72. The molecular formula is C28H32N2O8S. The van der Waals surface area contributed by atoms with Crippen LogP contribution in [0.25, 0.3) is 0 Å². The Hall–Kier alpha value is -4.25. The van der Waals surface area contributed by atoms with E-state index in [1.807, 2.05) is 6.92 Å². The Kier molecular flexibility index (Phi) is 9.78. The number of sulfonamides is 1. The zero-order valence-corrected chi connectivity index (χ0v) is 23.3. The molecule has 10 nitrogen and oxygen atoms in total. The first-order chi connectivity index (χ1) is 18.7. The molecule has 39 heavy (non-hydrogen) atoms. The molecule has 0 saturated heterocycles. The van der Waals surface area contributed by atoms with Gasteiger partial charge in [0.05, 0.1) is 43.6 Å². The van der Waals surface area contributed by atoms with Crippen molar-refractivity contribution in [2.24, 2.45) is 0 Å². The summed E-state index contributed by atoms with van der Waals surface area (Å²) in [5.41, 5.74) is 1.41. The molecule has 0 bridgehead atoms. The van der Waals surface area contributed by atoms with Gasteiger partial charge in [-0.2, -0.15) is 0 Å². The molecule has 0 saturated carbocycles. The lowest BCUT2D eigenvalue weighted by Crippen LogP contribution is -2.38. The smallest absolute Gasteiger partial charge is 0.338 e. The van der Waals surface area contributed by atoms with Crippen molar-refractivity contribution in [3.63, 3.8) is 0 Å². The average molecular weight is 557 g/mol. The standard InChI is InChI=1S/C28H32N2O8S/c1-6-37-21-13-11-20(12-14-21)30(39(33,34)22-15-16-25(35-4)26(17-22)36-5)18-27(31)29-24-10-8-9-23(19(24)3)28(32)38-7-2/h8-17H,6-7,18H2,1-5H3,(H,29,31). The fraction of sp³-hybridized carbons (Fsp3) is 0.286. The molecule has 0 radical (unpaired) electrons. The van der Waals surface area contributed by atoms with Crippen molar-refractivity contribution in [3.8, 4) is 17.2 Å². The van der Waals surface area contributed by atoms with Crippen LogP contribution in [0.15, 0.2) is 65.6 Å². The molecule has 3 rings (SSSR count). The van der Waals surface area contributed by atoms with Gasteiger partial charge in [-0.05, 0) is 74.9 Å². The summed E-state index contributed by atoms with van der Waals surface area (Å²) >= 11 is 0. The van der Waals surface area contributed by atoms with E-state index in [9.17, 15) is 18.0 Å². The highest BCUT2D eigenvalue weighted by Crippen LogP contribution is 2.33. The van der Waals surface area contributed by atoms with Crippen molar-refractivity contribution < 1.29 is 37.0 Å². The summed E-state index contributed by atoms with van der Waals surface area (Å²) in [7, 11) is -1.39. The quantitative estimate of drug-likeness (QED) is 0.326. The molecule has 0 aliphatic heterocycles. The fourth-order valence-electron chi connectivity index (χ4n) is 3.82. The van der Waals surface area contributed by atoms with Gasteiger partial charge in [-0.25, -0.2) is 13.2 Å². The SMILES string of the molecule is CCOC(=O)c1cccc(NC(=O)CN(c2ccc(OCC)cc2)S(=O)(=O)c2ccc(OC)c(OC)c2)c1C. The number of anilines is 2. The predicted molar refractivity (Wildman–Crippen MR) is 147 cm³/mol. The molecule has 11 heteroatoms. The van der Waals surface area contributed by atoms with Crippen LogP contribution in [0.2, 0.25) is 0 Å². The lowest BCUT2D eigenvalue weighted by molar-refractivity contribution is -0.114. The average Bonchev–Trinajstić information content (AvgIpc) is 2.93. The van der Waals surface area contributed by atoms with Crippen molar-refractivity contribution in [2.45, 2.75) is 25.7 Å². The highest BCUT2D eigenvalue weighted by atomic mass is 32.2. The summed E-state index contributed by atoms with van der Waals surface area (Å²) in [4.78, 5) is 25.4. The lowest BCUT2D eigenvalue weighted by atomic mass is 10.1. The monoisotopic (exact) mass is 556 g/mol. The summed E-state index contributed by atoms with van der Waals surface area (Å²) in [5.74, 6) is 0.00982. The van der Waals surface area contributed by atoms with E-state index in [1.54, 1.807) is 56.3 Å². The van der Waals surface area contributed by atoms with E-state index < -0.39 is 28.4 Å². The van der Waals surface area contributed by atoms with Gasteiger partial charge in [0.15, 0.2) is 11.5 Å². The predicted octanol–water partition coefficient (Wildman–Crippen LogP) is 4.42. The topological polar surface area (TPSA) is 120 Å². The molecule has 0 aliphatic rings. The van der Waals surface area contributed by atoms with E-state index in [0.29, 0.717) is 34.9 Å². The van der Waals surface area contributed by atoms with Crippen LogP contribution in [0.3, 0.4) is 0 Å². The minimum absolute atomic E-state index is 0.0951. The van der Waals surface area contributed by atoms with Crippen molar-refractivity contribution in [1.29, 1.82) is 0 Å². The van der Waals surface area contributed by atoms with Gasteiger partial charge < -0.3 is 24.3 Å². The van der Waals surface area contributed by atoms with Gasteiger partial charge in [0.1, 0.15) is 12.3 Å². The third-order valence-electron chi connectivity index (χ3n) is 5.77. The van der Waals surface area contributed by atoms with Gasteiger partial charge in [-0.1, -0.05) is 6.07 Å². The third kappa shape index (κ3) is 6.80. The first kappa shape index (κ1) is 29.3. The summed E-state index contributed by atoms with van der Waals surface area (Å²) in [6.45, 7) is 5.32. The first-order valence-electron chi connectivity index (χ1n) is 12.2. The Balaban J connectivity index is 1.98. The maximum absolute atomic E-state index is 13.8. The number of amides is 1. The van der Waals surface area contributed by atoms with Crippen molar-refractivity contribution in [1.82, 2.24) is 0 Å². The molecule has 0 unspecified atom stereocenters. The minimum Gasteiger partial charge on any atom is -0.494 e. The second kappa shape index (κ2) is 13.0. The third-order valence-corrected chi connectivity index (χ3v) is 7.54. The van der Waals surface area contributed by atoms with E-state index in [0.717, 1.165) is 4.31 Å². The highest BCUT2D eigenvalue weighted by Gasteiger charge is 2.29. The highest BCUT2D eigenvalue weighted by molar-refractivity contribution is 7.92. The lowest BCUT2D eigenvalue weighted by Gasteiger charge is -2.25. The number of hydrogen-bond acceptors (Lipinski definition) is 8. The van der Waals surface area contributed by atoms with Crippen LogP contribution in [0.5, 0.6) is 17.2 Å². The number of benzene rings is 3. The Bertz CT molecular complexity index is 1420. The van der Waals surface area contributed by atoms with E-state index in [2.05, 4.69) is 5.32 Å². The molecule has 0 spiro atoms. The van der Waals surface area contributed by atoms with E-state index >= 15 is 0 Å². The minimum atomic E-state index is -4.24. The number of carbonyl (C=O) groups is 2. The molecule has 0 fully saturated rings. The number of nitrogens with one attached hydrogen (secondary N) is 1. The maximum atomic E-state index is 13.8. The van der Waals surface area contributed by atoms with Gasteiger partial charge in [-0.3, -0.25) is 9.10 Å². The number of hydrogen-bond donors (Lipinski definition) is 1. The summed E-state index contributed by atoms with van der Waals surface area (Å²) < 4.78 is 49.7. The maximum Gasteiger partial charge on any atom is 0.338 e. The van der Waals surface area contributed by atoms with Gasteiger partial charge in [0.2, 0.25) is 5.91 Å². The Morgan fingerprint density at radius 2 is 1.59 bits per heavy atom. The van der Waals surface area contributed by atoms with Gasteiger partial charge >= 0.3 is 5.97 Å². The Labute approximate surface area is 228 Å². The van der Waals surface area contributed by atoms with Crippen molar-refractivity contribution >= 4 is 33.3 Å². The molecule has 3 aromatic rings. The molecule has 0 aromatic heterocycles. The number of ether oxygens (including phenoxy) is 4. The van der Waals surface area contributed by atoms with Crippen molar-refractivity contribution in [3.05, 3.63) is 71.8 Å². The van der Waals surface area contributed by atoms with Crippen LogP contribution < -0.4 is 23.8 Å². The van der Waals surface area contributed by atoms with Crippen LogP contribution in [0.4, 0.5) is 11.4 Å². The van der Waals surface area contributed by atoms with Gasteiger partial charge in [0.25, 0.3) is 10.0 Å². The van der Waals surface area contributed by atoms with E-state index in [-0.39, 0.29) is 22.9 Å². The molecule has 3 aromatic carbocycles. The largest absolute Gasteiger partial charge is 0.494 e. The Morgan fingerprint density at radius 3 is 2.21 bits per heavy atom. The number of methoxy groups -OCH3 is 2. The van der Waals surface area contributed by atoms with Crippen molar-refractivity contribution in [2.75, 3.05) is 43.6 Å². The second-order valence-electron chi connectivity index (χ2n) is 8.20. The van der Waals surface area contributed by atoms with Crippen LogP contribution >= 0.6 is 0 Å². The molecule has 0 atom stereocenters. The van der Waals surface area contributed by atoms with Crippen LogP contribution in [0, 0.1) is 6.92 Å². The fourth-order valence-corrected chi connectivity index (χ4v) is 5.25. The van der Waals surface area contributed by atoms with Gasteiger partial charge in [0, 0.05) is 11.8 Å². The van der Waals surface area contributed by atoms with Crippen LogP contribution in [0.1, 0.15) is 29.8 Å². The second-order valence-corrected chi connectivity index (χ2v) is 10.1. The summed E-state index contributed by atoms with van der Waals surface area (Å²) in [6.07, 6.45) is 0. The molecule has 208 valence electrons. The molecular weight excluding hydrogens is 524 g/mol. The molecule has 1 amide bonds. The van der Waals surface area contributed by atoms with Crippen LogP contribution in [-0.2, 0) is 19.6 Å². The molecule has 1 N–H and O–H groups in total. The van der Waals surface area contributed by atoms with E-state index in [4.69, 9.17) is 18.9 Å². The number of rotatable bonds is 12. The number of esters is 1. The summed E-state index contributed by atoms with van der Waals surface area (Å²) in [6, 6.07) is 15.4. The first-order valence-corrected chi connectivity index (χ1v) is 13.6. The molecule has 0 aliphatic carbocycles. The zero-order valence-electron chi connectivity index (χ0n) is 22.5. The Morgan fingerprint density at radius 1 is 0.897 bits per heavy atom.